The zero-order chi connectivity index (χ0) is 12.3. The quantitative estimate of drug-likeness (QED) is 0.849. The van der Waals surface area contributed by atoms with Crippen LogP contribution in [0.1, 0.15) is 33.1 Å². The van der Waals surface area contributed by atoms with Crippen molar-refractivity contribution in [2.24, 2.45) is 11.7 Å². The summed E-state index contributed by atoms with van der Waals surface area (Å²) in [6.45, 7) is 7.55. The molecule has 2 heterocycles. The zero-order valence-electron chi connectivity index (χ0n) is 11.0. The lowest BCUT2D eigenvalue weighted by Crippen LogP contribution is -2.30. The van der Waals surface area contributed by atoms with E-state index in [9.17, 15) is 0 Å². The first kappa shape index (κ1) is 12.4. The van der Waals surface area contributed by atoms with E-state index in [-0.39, 0.29) is 0 Å². The molecule has 17 heavy (non-hydrogen) atoms. The molecule has 0 spiro atoms. The molecule has 2 N–H and O–H groups in total. The molecular formula is C13H24N4. The molecule has 0 saturated carbocycles. The van der Waals surface area contributed by atoms with Crippen LogP contribution in [0.3, 0.4) is 0 Å². The number of aromatic nitrogens is 2. The summed E-state index contributed by atoms with van der Waals surface area (Å²) in [6.07, 6.45) is 7.63. The van der Waals surface area contributed by atoms with Crippen molar-refractivity contribution in [1.29, 1.82) is 0 Å². The maximum atomic E-state index is 5.98. The highest BCUT2D eigenvalue weighted by Gasteiger charge is 2.27. The van der Waals surface area contributed by atoms with E-state index in [0.717, 1.165) is 25.6 Å². The number of hydrogen-bond acceptors (Lipinski definition) is 3. The molecule has 0 aromatic carbocycles. The predicted molar refractivity (Wildman–Crippen MR) is 71.1 cm³/mol. The van der Waals surface area contributed by atoms with E-state index in [2.05, 4.69) is 34.5 Å². The number of nitrogens with two attached hydrogens (primary N) is 1. The number of imidazole rings is 1. The molecule has 2 atom stereocenters. The van der Waals surface area contributed by atoms with E-state index in [1.165, 1.54) is 19.3 Å². The van der Waals surface area contributed by atoms with Crippen molar-refractivity contribution >= 4 is 5.95 Å². The van der Waals surface area contributed by atoms with Crippen LogP contribution in [0.5, 0.6) is 0 Å². The molecule has 0 aliphatic carbocycles. The van der Waals surface area contributed by atoms with Crippen molar-refractivity contribution in [1.82, 2.24) is 9.55 Å². The minimum Gasteiger partial charge on any atom is -0.342 e. The SMILES string of the molecule is CCCCn1ccnc1N1CCC(C(C)N)C1. The van der Waals surface area contributed by atoms with E-state index in [0.29, 0.717) is 12.0 Å². The number of nitrogens with zero attached hydrogens (tertiary/aromatic N) is 3. The van der Waals surface area contributed by atoms with Crippen molar-refractivity contribution in [2.75, 3.05) is 18.0 Å². The molecule has 0 bridgehead atoms. The topological polar surface area (TPSA) is 47.1 Å². The lowest BCUT2D eigenvalue weighted by atomic mass is 10.0. The zero-order valence-corrected chi connectivity index (χ0v) is 11.0. The highest BCUT2D eigenvalue weighted by Crippen LogP contribution is 2.24. The van der Waals surface area contributed by atoms with Gasteiger partial charge in [0.15, 0.2) is 0 Å². The van der Waals surface area contributed by atoms with Gasteiger partial charge in [0.2, 0.25) is 5.95 Å². The fourth-order valence-electron chi connectivity index (χ4n) is 2.49. The molecule has 4 heteroatoms. The van der Waals surface area contributed by atoms with Crippen molar-refractivity contribution < 1.29 is 0 Å². The highest BCUT2D eigenvalue weighted by molar-refractivity contribution is 5.33. The molecule has 1 saturated heterocycles. The Balaban J connectivity index is 2.00. The number of unbranched alkanes of at least 4 members (excludes halogenated alkanes) is 1. The average Bonchev–Trinajstić information content (AvgIpc) is 2.94. The van der Waals surface area contributed by atoms with Crippen LogP contribution in [-0.4, -0.2) is 28.7 Å². The number of rotatable bonds is 5. The Labute approximate surface area is 104 Å². The van der Waals surface area contributed by atoms with Gasteiger partial charge in [0.1, 0.15) is 0 Å². The van der Waals surface area contributed by atoms with E-state index < -0.39 is 0 Å². The van der Waals surface area contributed by atoms with Crippen LogP contribution in [0.2, 0.25) is 0 Å². The summed E-state index contributed by atoms with van der Waals surface area (Å²) < 4.78 is 2.27. The molecular weight excluding hydrogens is 212 g/mol. The summed E-state index contributed by atoms with van der Waals surface area (Å²) in [5, 5.41) is 0. The van der Waals surface area contributed by atoms with Gasteiger partial charge < -0.3 is 15.2 Å². The van der Waals surface area contributed by atoms with Crippen molar-refractivity contribution in [3.63, 3.8) is 0 Å². The van der Waals surface area contributed by atoms with Crippen LogP contribution in [0.15, 0.2) is 12.4 Å². The van der Waals surface area contributed by atoms with Gasteiger partial charge in [-0.1, -0.05) is 13.3 Å². The van der Waals surface area contributed by atoms with Gasteiger partial charge in [0.25, 0.3) is 0 Å². The van der Waals surface area contributed by atoms with Crippen LogP contribution in [-0.2, 0) is 6.54 Å². The first-order chi connectivity index (χ1) is 8.22. The van der Waals surface area contributed by atoms with Crippen LogP contribution in [0, 0.1) is 5.92 Å². The van der Waals surface area contributed by atoms with Gasteiger partial charge in [-0.05, 0) is 25.7 Å². The van der Waals surface area contributed by atoms with Gasteiger partial charge in [-0.15, -0.1) is 0 Å². The molecule has 1 aromatic rings. The Hall–Kier alpha value is -1.03. The minimum atomic E-state index is 0.291. The summed E-state index contributed by atoms with van der Waals surface area (Å²) in [7, 11) is 0. The summed E-state index contributed by atoms with van der Waals surface area (Å²) in [6, 6.07) is 0.291. The molecule has 0 radical (unpaired) electrons. The van der Waals surface area contributed by atoms with Crippen molar-refractivity contribution in [2.45, 2.75) is 45.7 Å². The maximum Gasteiger partial charge on any atom is 0.205 e. The first-order valence-corrected chi connectivity index (χ1v) is 6.74. The third kappa shape index (κ3) is 2.80. The summed E-state index contributed by atoms with van der Waals surface area (Å²) in [5.41, 5.74) is 5.98. The lowest BCUT2D eigenvalue weighted by molar-refractivity contribution is 0.487. The van der Waals surface area contributed by atoms with Crippen LogP contribution >= 0.6 is 0 Å². The maximum absolute atomic E-state index is 5.98. The van der Waals surface area contributed by atoms with Crippen LogP contribution in [0.4, 0.5) is 5.95 Å². The standard InChI is InChI=1S/C13H24N4/c1-3-4-7-16-9-6-15-13(16)17-8-5-12(10-17)11(2)14/h6,9,11-12H,3-5,7-8,10,14H2,1-2H3. The fourth-order valence-corrected chi connectivity index (χ4v) is 2.49. The Morgan fingerprint density at radius 1 is 1.59 bits per heavy atom. The molecule has 1 fully saturated rings. The largest absolute Gasteiger partial charge is 0.342 e. The van der Waals surface area contributed by atoms with Gasteiger partial charge >= 0.3 is 0 Å². The summed E-state index contributed by atoms with van der Waals surface area (Å²) >= 11 is 0. The summed E-state index contributed by atoms with van der Waals surface area (Å²) in [4.78, 5) is 6.87. The van der Waals surface area contributed by atoms with E-state index in [1.54, 1.807) is 0 Å². The van der Waals surface area contributed by atoms with Gasteiger partial charge in [-0.25, -0.2) is 4.98 Å². The third-order valence-electron chi connectivity index (χ3n) is 3.70. The average molecular weight is 236 g/mol. The number of anilines is 1. The molecule has 4 nitrogen and oxygen atoms in total. The first-order valence-electron chi connectivity index (χ1n) is 6.74. The van der Waals surface area contributed by atoms with E-state index in [1.807, 2.05) is 6.20 Å². The monoisotopic (exact) mass is 236 g/mol. The van der Waals surface area contributed by atoms with Crippen molar-refractivity contribution in [3.05, 3.63) is 12.4 Å². The smallest absolute Gasteiger partial charge is 0.205 e. The minimum absolute atomic E-state index is 0.291. The molecule has 1 aromatic heterocycles. The molecule has 2 rings (SSSR count). The Morgan fingerprint density at radius 2 is 2.41 bits per heavy atom. The molecule has 96 valence electrons. The second-order valence-corrected chi connectivity index (χ2v) is 5.13. The Bertz CT molecular complexity index is 345. The normalized spacial score (nSPS) is 22.1. The predicted octanol–water partition coefficient (Wildman–Crippen LogP) is 1.86. The van der Waals surface area contributed by atoms with E-state index in [4.69, 9.17) is 5.73 Å². The number of hydrogen-bond donors (Lipinski definition) is 1. The Kier molecular flexibility index (Phi) is 4.05. The highest BCUT2D eigenvalue weighted by atomic mass is 15.3. The van der Waals surface area contributed by atoms with E-state index >= 15 is 0 Å². The molecule has 2 unspecified atom stereocenters. The molecule has 0 amide bonds. The van der Waals surface area contributed by atoms with Gasteiger partial charge in [-0.2, -0.15) is 0 Å². The molecule has 1 aliphatic heterocycles. The van der Waals surface area contributed by atoms with Crippen molar-refractivity contribution in [3.8, 4) is 0 Å². The van der Waals surface area contributed by atoms with Crippen LogP contribution in [0.25, 0.3) is 0 Å². The van der Waals surface area contributed by atoms with Gasteiger partial charge in [0, 0.05) is 38.1 Å². The number of aryl methyl sites for hydroxylation is 1. The Morgan fingerprint density at radius 3 is 3.06 bits per heavy atom. The van der Waals surface area contributed by atoms with Crippen LogP contribution < -0.4 is 10.6 Å². The van der Waals surface area contributed by atoms with Gasteiger partial charge in [-0.3, -0.25) is 0 Å². The third-order valence-corrected chi connectivity index (χ3v) is 3.70. The lowest BCUT2D eigenvalue weighted by Gasteiger charge is -2.20. The molecule has 1 aliphatic rings. The fraction of sp³-hybridized carbons (Fsp3) is 0.769. The second-order valence-electron chi connectivity index (χ2n) is 5.13. The summed E-state index contributed by atoms with van der Waals surface area (Å²) in [5.74, 6) is 1.74. The second kappa shape index (κ2) is 5.54. The van der Waals surface area contributed by atoms with Gasteiger partial charge in [0.05, 0.1) is 0 Å².